The summed E-state index contributed by atoms with van der Waals surface area (Å²) < 4.78 is 27.2. The van der Waals surface area contributed by atoms with Gasteiger partial charge in [-0.15, -0.1) is 0 Å². The monoisotopic (exact) mass is 227 g/mol. The minimum Gasteiger partial charge on any atom is -0.313 e. The summed E-state index contributed by atoms with van der Waals surface area (Å²) in [6.45, 7) is 5.63. The normalized spacial score (nSPS) is 14.9. The Morgan fingerprint density at radius 1 is 1.25 bits per heavy atom. The van der Waals surface area contributed by atoms with Crippen LogP contribution in [0, 0.1) is 24.5 Å². The third kappa shape index (κ3) is 2.40. The summed E-state index contributed by atoms with van der Waals surface area (Å²) in [6.07, 6.45) is 0.917. The summed E-state index contributed by atoms with van der Waals surface area (Å²) in [5, 5.41) is 3.05. The predicted octanol–water partition coefficient (Wildman–Crippen LogP) is 3.58. The summed E-state index contributed by atoms with van der Waals surface area (Å²) in [7, 11) is 1.77. The van der Waals surface area contributed by atoms with E-state index in [9.17, 15) is 8.78 Å². The molecule has 90 valence electrons. The maximum absolute atomic E-state index is 13.8. The van der Waals surface area contributed by atoms with Crippen LogP contribution in [0.5, 0.6) is 0 Å². The van der Waals surface area contributed by atoms with Crippen molar-refractivity contribution in [2.45, 2.75) is 33.2 Å². The zero-order valence-electron chi connectivity index (χ0n) is 10.3. The summed E-state index contributed by atoms with van der Waals surface area (Å²) in [4.78, 5) is 0. The van der Waals surface area contributed by atoms with Crippen molar-refractivity contribution in [3.8, 4) is 0 Å². The molecule has 0 aliphatic rings. The van der Waals surface area contributed by atoms with Crippen molar-refractivity contribution in [1.82, 2.24) is 5.32 Å². The maximum atomic E-state index is 13.8. The molecule has 1 aromatic carbocycles. The van der Waals surface area contributed by atoms with Gasteiger partial charge in [-0.1, -0.05) is 32.4 Å². The number of halogens is 2. The minimum absolute atomic E-state index is 0.139. The largest absolute Gasteiger partial charge is 0.313 e. The molecule has 1 rings (SSSR count). The Kier molecular flexibility index (Phi) is 4.42. The SMILES string of the molecule is CCC(C)C(NC)c1ccc(C)c(F)c1F. The van der Waals surface area contributed by atoms with Gasteiger partial charge in [0.25, 0.3) is 0 Å². The molecule has 2 unspecified atom stereocenters. The fraction of sp³-hybridized carbons (Fsp3) is 0.538. The van der Waals surface area contributed by atoms with Crippen LogP contribution in [0.2, 0.25) is 0 Å². The number of benzene rings is 1. The summed E-state index contributed by atoms with van der Waals surface area (Å²) in [5.41, 5.74) is 0.764. The van der Waals surface area contributed by atoms with Crippen LogP contribution >= 0.6 is 0 Å². The Hall–Kier alpha value is -0.960. The van der Waals surface area contributed by atoms with Gasteiger partial charge in [-0.05, 0) is 25.5 Å². The molecule has 1 N–H and O–H groups in total. The Morgan fingerprint density at radius 3 is 2.38 bits per heavy atom. The average Bonchev–Trinajstić information content (AvgIpc) is 2.29. The van der Waals surface area contributed by atoms with E-state index in [-0.39, 0.29) is 12.0 Å². The van der Waals surface area contributed by atoms with E-state index in [1.807, 2.05) is 13.8 Å². The number of hydrogen-bond donors (Lipinski definition) is 1. The molecular formula is C13H19F2N. The Labute approximate surface area is 95.9 Å². The molecule has 0 saturated carbocycles. The molecule has 0 amide bonds. The zero-order chi connectivity index (χ0) is 12.3. The van der Waals surface area contributed by atoms with E-state index in [4.69, 9.17) is 0 Å². The van der Waals surface area contributed by atoms with E-state index in [1.54, 1.807) is 26.1 Å². The molecule has 0 aliphatic carbocycles. The second-order valence-corrected chi connectivity index (χ2v) is 4.25. The standard InChI is InChI=1S/C13H19F2N/c1-5-8(2)13(16-4)10-7-6-9(3)11(14)12(10)15/h6-8,13,16H,5H2,1-4H3. The van der Waals surface area contributed by atoms with Crippen LogP contribution in [-0.4, -0.2) is 7.05 Å². The molecule has 0 radical (unpaired) electrons. The molecule has 0 fully saturated rings. The highest BCUT2D eigenvalue weighted by Gasteiger charge is 2.22. The van der Waals surface area contributed by atoms with E-state index < -0.39 is 11.6 Å². The Bertz CT molecular complexity index is 363. The highest BCUT2D eigenvalue weighted by molar-refractivity contribution is 5.28. The lowest BCUT2D eigenvalue weighted by Gasteiger charge is -2.23. The lowest BCUT2D eigenvalue weighted by molar-refractivity contribution is 0.378. The maximum Gasteiger partial charge on any atom is 0.163 e. The molecule has 0 saturated heterocycles. The minimum atomic E-state index is -0.735. The van der Waals surface area contributed by atoms with Gasteiger partial charge in [0.2, 0.25) is 0 Å². The van der Waals surface area contributed by atoms with E-state index in [0.29, 0.717) is 11.1 Å². The van der Waals surface area contributed by atoms with Crippen molar-refractivity contribution in [3.63, 3.8) is 0 Å². The van der Waals surface area contributed by atoms with Crippen LogP contribution in [0.1, 0.15) is 37.4 Å². The predicted molar refractivity (Wildman–Crippen MR) is 62.4 cm³/mol. The Morgan fingerprint density at radius 2 is 1.88 bits per heavy atom. The van der Waals surface area contributed by atoms with Crippen LogP contribution in [0.3, 0.4) is 0 Å². The smallest absolute Gasteiger partial charge is 0.163 e. The molecule has 0 spiro atoms. The fourth-order valence-electron chi connectivity index (χ4n) is 1.88. The van der Waals surface area contributed by atoms with Crippen LogP contribution in [0.15, 0.2) is 12.1 Å². The van der Waals surface area contributed by atoms with Crippen molar-refractivity contribution < 1.29 is 8.78 Å². The van der Waals surface area contributed by atoms with Gasteiger partial charge in [0.15, 0.2) is 11.6 Å². The molecule has 3 heteroatoms. The second-order valence-electron chi connectivity index (χ2n) is 4.25. The molecular weight excluding hydrogens is 208 g/mol. The quantitative estimate of drug-likeness (QED) is 0.829. The zero-order valence-corrected chi connectivity index (χ0v) is 10.3. The van der Waals surface area contributed by atoms with Crippen molar-refractivity contribution in [2.24, 2.45) is 5.92 Å². The molecule has 0 bridgehead atoms. The van der Waals surface area contributed by atoms with Gasteiger partial charge in [0.05, 0.1) is 0 Å². The second kappa shape index (κ2) is 5.39. The first-order valence-electron chi connectivity index (χ1n) is 5.64. The van der Waals surface area contributed by atoms with Gasteiger partial charge in [-0.25, -0.2) is 8.78 Å². The average molecular weight is 227 g/mol. The van der Waals surface area contributed by atoms with Crippen molar-refractivity contribution in [2.75, 3.05) is 7.05 Å². The fourth-order valence-corrected chi connectivity index (χ4v) is 1.88. The number of rotatable bonds is 4. The van der Waals surface area contributed by atoms with Crippen LogP contribution in [-0.2, 0) is 0 Å². The number of nitrogens with one attached hydrogen (secondary N) is 1. The van der Waals surface area contributed by atoms with Crippen LogP contribution < -0.4 is 5.32 Å². The molecule has 16 heavy (non-hydrogen) atoms. The van der Waals surface area contributed by atoms with Gasteiger partial charge in [0.1, 0.15) is 0 Å². The van der Waals surface area contributed by atoms with Crippen molar-refractivity contribution >= 4 is 0 Å². The lowest BCUT2D eigenvalue weighted by atomic mass is 9.91. The highest BCUT2D eigenvalue weighted by atomic mass is 19.2. The molecule has 2 atom stereocenters. The topological polar surface area (TPSA) is 12.0 Å². The lowest BCUT2D eigenvalue weighted by Crippen LogP contribution is -2.24. The summed E-state index contributed by atoms with van der Waals surface area (Å²) >= 11 is 0. The van der Waals surface area contributed by atoms with Gasteiger partial charge < -0.3 is 5.32 Å². The van der Waals surface area contributed by atoms with Gasteiger partial charge in [-0.2, -0.15) is 0 Å². The number of hydrogen-bond acceptors (Lipinski definition) is 1. The summed E-state index contributed by atoms with van der Waals surface area (Å²) in [5.74, 6) is -1.19. The Balaban J connectivity index is 3.16. The van der Waals surface area contributed by atoms with Gasteiger partial charge >= 0.3 is 0 Å². The molecule has 1 aromatic rings. The molecule has 0 aromatic heterocycles. The third-order valence-corrected chi connectivity index (χ3v) is 3.16. The molecule has 0 heterocycles. The van der Waals surface area contributed by atoms with Crippen LogP contribution in [0.25, 0.3) is 0 Å². The van der Waals surface area contributed by atoms with E-state index >= 15 is 0 Å². The molecule has 1 nitrogen and oxygen atoms in total. The van der Waals surface area contributed by atoms with Gasteiger partial charge in [-0.3, -0.25) is 0 Å². The molecule has 0 aliphatic heterocycles. The van der Waals surface area contributed by atoms with Crippen LogP contribution in [0.4, 0.5) is 8.78 Å². The first-order valence-corrected chi connectivity index (χ1v) is 5.64. The first-order chi connectivity index (χ1) is 7.52. The highest BCUT2D eigenvalue weighted by Crippen LogP contribution is 2.28. The van der Waals surface area contributed by atoms with Crippen molar-refractivity contribution in [1.29, 1.82) is 0 Å². The van der Waals surface area contributed by atoms with E-state index in [2.05, 4.69) is 5.32 Å². The van der Waals surface area contributed by atoms with E-state index in [0.717, 1.165) is 6.42 Å². The first kappa shape index (κ1) is 13.1. The van der Waals surface area contributed by atoms with E-state index in [1.165, 1.54) is 0 Å². The summed E-state index contributed by atoms with van der Waals surface area (Å²) in [6, 6.07) is 3.15. The third-order valence-electron chi connectivity index (χ3n) is 3.16. The number of aryl methyl sites for hydroxylation is 1. The van der Waals surface area contributed by atoms with Crippen molar-refractivity contribution in [3.05, 3.63) is 34.9 Å². The van der Waals surface area contributed by atoms with Gasteiger partial charge in [0, 0.05) is 11.6 Å².